The van der Waals surface area contributed by atoms with Crippen LogP contribution in [0.25, 0.3) is 0 Å². The predicted octanol–water partition coefficient (Wildman–Crippen LogP) is 2.51. The molecule has 0 fully saturated rings. The average Bonchev–Trinajstić information content (AvgIpc) is 2.88. The predicted molar refractivity (Wildman–Crippen MR) is 80.6 cm³/mol. The van der Waals surface area contributed by atoms with E-state index in [0.717, 1.165) is 18.5 Å². The van der Waals surface area contributed by atoms with Gasteiger partial charge in [0.2, 0.25) is 0 Å². The van der Waals surface area contributed by atoms with Gasteiger partial charge in [-0.25, -0.2) is 0 Å². The summed E-state index contributed by atoms with van der Waals surface area (Å²) in [6.45, 7) is 9.45. The van der Waals surface area contributed by atoms with E-state index in [0.29, 0.717) is 25.7 Å². The Bertz CT molecular complexity index is 358. The fraction of sp³-hybridized carbons (Fsp3) is 0.800. The summed E-state index contributed by atoms with van der Waals surface area (Å²) in [5.41, 5.74) is 7.17. The van der Waals surface area contributed by atoms with Crippen LogP contribution in [0.1, 0.15) is 52.3 Å². The summed E-state index contributed by atoms with van der Waals surface area (Å²) in [4.78, 5) is 0. The molecule has 0 saturated carbocycles. The van der Waals surface area contributed by atoms with E-state index < -0.39 is 0 Å². The molecule has 0 bridgehead atoms. The van der Waals surface area contributed by atoms with Crippen LogP contribution in [0.15, 0.2) is 12.3 Å². The third kappa shape index (κ3) is 4.89. The summed E-state index contributed by atoms with van der Waals surface area (Å²) < 4.78 is 13.1. The van der Waals surface area contributed by atoms with Crippen LogP contribution in [0.2, 0.25) is 0 Å². The van der Waals surface area contributed by atoms with E-state index in [9.17, 15) is 0 Å². The monoisotopic (exact) mass is 283 g/mol. The van der Waals surface area contributed by atoms with E-state index >= 15 is 0 Å². The maximum absolute atomic E-state index is 6.17. The fourth-order valence-electron chi connectivity index (χ4n) is 2.31. The lowest BCUT2D eigenvalue weighted by molar-refractivity contribution is -0.148. The summed E-state index contributed by atoms with van der Waals surface area (Å²) in [6, 6.07) is 2.31. The standard InChI is InChI=1S/C15H29N3O2/c1-5-13(6-2)18-10-9-12(17-18)11-14(16)15(19-7-3)20-8-4/h9-10,13-15H,5-8,11,16H2,1-4H3. The van der Waals surface area contributed by atoms with Gasteiger partial charge < -0.3 is 15.2 Å². The number of nitrogens with zero attached hydrogens (tertiary/aromatic N) is 2. The Morgan fingerprint density at radius 1 is 1.15 bits per heavy atom. The molecule has 1 aromatic rings. The van der Waals surface area contributed by atoms with E-state index in [2.05, 4.69) is 18.9 Å². The van der Waals surface area contributed by atoms with Crippen LogP contribution in [0, 0.1) is 0 Å². The van der Waals surface area contributed by atoms with Gasteiger partial charge in [0.25, 0.3) is 0 Å². The summed E-state index contributed by atoms with van der Waals surface area (Å²) in [5.74, 6) is 0. The van der Waals surface area contributed by atoms with E-state index in [1.807, 2.05) is 30.8 Å². The van der Waals surface area contributed by atoms with Crippen molar-refractivity contribution in [2.45, 2.75) is 65.3 Å². The van der Waals surface area contributed by atoms with Gasteiger partial charge >= 0.3 is 0 Å². The van der Waals surface area contributed by atoms with E-state index in [-0.39, 0.29) is 12.3 Å². The van der Waals surface area contributed by atoms with Gasteiger partial charge in [-0.2, -0.15) is 5.10 Å². The van der Waals surface area contributed by atoms with Crippen molar-refractivity contribution in [3.05, 3.63) is 18.0 Å². The van der Waals surface area contributed by atoms with Crippen LogP contribution < -0.4 is 5.73 Å². The number of ether oxygens (including phenoxy) is 2. The molecule has 5 heteroatoms. The lowest BCUT2D eigenvalue weighted by Crippen LogP contribution is -2.40. The van der Waals surface area contributed by atoms with Gasteiger partial charge in [-0.3, -0.25) is 4.68 Å². The first-order valence-electron chi connectivity index (χ1n) is 7.68. The van der Waals surface area contributed by atoms with Crippen molar-refractivity contribution >= 4 is 0 Å². The van der Waals surface area contributed by atoms with Gasteiger partial charge in [0.1, 0.15) is 0 Å². The van der Waals surface area contributed by atoms with Gasteiger partial charge in [0.05, 0.1) is 17.8 Å². The third-order valence-electron chi connectivity index (χ3n) is 3.44. The summed E-state index contributed by atoms with van der Waals surface area (Å²) >= 11 is 0. The Morgan fingerprint density at radius 3 is 2.25 bits per heavy atom. The highest BCUT2D eigenvalue weighted by Crippen LogP contribution is 2.15. The topological polar surface area (TPSA) is 62.3 Å². The molecule has 0 aliphatic rings. The first-order valence-corrected chi connectivity index (χ1v) is 7.68. The fourth-order valence-corrected chi connectivity index (χ4v) is 2.31. The molecule has 2 N–H and O–H groups in total. The van der Waals surface area contributed by atoms with Crippen molar-refractivity contribution in [2.75, 3.05) is 13.2 Å². The Balaban J connectivity index is 2.62. The zero-order chi connectivity index (χ0) is 15.0. The highest BCUT2D eigenvalue weighted by molar-refractivity contribution is 5.02. The Kier molecular flexibility index (Phi) is 7.80. The molecule has 116 valence electrons. The molecule has 20 heavy (non-hydrogen) atoms. The molecule has 0 aromatic carbocycles. The first-order chi connectivity index (χ1) is 9.65. The minimum Gasteiger partial charge on any atom is -0.351 e. The number of rotatable bonds is 10. The van der Waals surface area contributed by atoms with E-state index in [1.54, 1.807) is 0 Å². The number of aromatic nitrogens is 2. The largest absolute Gasteiger partial charge is 0.351 e. The average molecular weight is 283 g/mol. The van der Waals surface area contributed by atoms with Crippen molar-refractivity contribution < 1.29 is 9.47 Å². The normalized spacial score (nSPS) is 13.3. The smallest absolute Gasteiger partial charge is 0.172 e. The van der Waals surface area contributed by atoms with Crippen LogP contribution in [0.5, 0.6) is 0 Å². The van der Waals surface area contributed by atoms with Crippen LogP contribution in [0.4, 0.5) is 0 Å². The number of nitrogens with two attached hydrogens (primary N) is 1. The Labute approximate surface area is 122 Å². The molecular weight excluding hydrogens is 254 g/mol. The lowest BCUT2D eigenvalue weighted by atomic mass is 10.1. The summed E-state index contributed by atoms with van der Waals surface area (Å²) in [6.07, 6.45) is 4.52. The molecular formula is C15H29N3O2. The molecule has 0 amide bonds. The second-order valence-electron chi connectivity index (χ2n) is 4.90. The van der Waals surface area contributed by atoms with Crippen molar-refractivity contribution in [2.24, 2.45) is 5.73 Å². The second-order valence-corrected chi connectivity index (χ2v) is 4.90. The van der Waals surface area contributed by atoms with Crippen LogP contribution in [-0.2, 0) is 15.9 Å². The quantitative estimate of drug-likeness (QED) is 0.670. The highest BCUT2D eigenvalue weighted by Gasteiger charge is 2.20. The minimum absolute atomic E-state index is 0.194. The molecule has 0 saturated heterocycles. The Hall–Kier alpha value is -0.910. The molecule has 1 aromatic heterocycles. The van der Waals surface area contributed by atoms with E-state index in [4.69, 9.17) is 15.2 Å². The zero-order valence-electron chi connectivity index (χ0n) is 13.2. The molecule has 1 rings (SSSR count). The van der Waals surface area contributed by atoms with Gasteiger partial charge in [-0.15, -0.1) is 0 Å². The summed E-state index contributed by atoms with van der Waals surface area (Å²) in [7, 11) is 0. The molecule has 0 spiro atoms. The lowest BCUT2D eigenvalue weighted by Gasteiger charge is -2.22. The van der Waals surface area contributed by atoms with Gasteiger partial charge in [-0.05, 0) is 32.8 Å². The van der Waals surface area contributed by atoms with Crippen molar-refractivity contribution in [3.63, 3.8) is 0 Å². The SMILES string of the molecule is CCOC(OCC)C(N)Cc1ccn(C(CC)CC)n1. The van der Waals surface area contributed by atoms with E-state index in [1.165, 1.54) is 0 Å². The maximum Gasteiger partial charge on any atom is 0.172 e. The molecule has 1 atom stereocenters. The maximum atomic E-state index is 6.17. The van der Waals surface area contributed by atoms with Crippen LogP contribution in [-0.4, -0.2) is 35.3 Å². The number of hydrogen-bond acceptors (Lipinski definition) is 4. The molecule has 0 aliphatic carbocycles. The zero-order valence-corrected chi connectivity index (χ0v) is 13.2. The molecule has 1 unspecified atom stereocenters. The van der Waals surface area contributed by atoms with Crippen molar-refractivity contribution in [1.29, 1.82) is 0 Å². The number of hydrogen-bond donors (Lipinski definition) is 1. The van der Waals surface area contributed by atoms with Gasteiger partial charge in [0, 0.05) is 25.8 Å². The molecule has 0 radical (unpaired) electrons. The van der Waals surface area contributed by atoms with Gasteiger partial charge in [-0.1, -0.05) is 13.8 Å². The molecule has 1 heterocycles. The van der Waals surface area contributed by atoms with Crippen LogP contribution in [0.3, 0.4) is 0 Å². The van der Waals surface area contributed by atoms with Crippen molar-refractivity contribution in [1.82, 2.24) is 9.78 Å². The van der Waals surface area contributed by atoms with Crippen LogP contribution >= 0.6 is 0 Å². The minimum atomic E-state index is -0.358. The highest BCUT2D eigenvalue weighted by atomic mass is 16.7. The molecule has 5 nitrogen and oxygen atoms in total. The molecule has 0 aliphatic heterocycles. The Morgan fingerprint density at radius 2 is 1.75 bits per heavy atom. The van der Waals surface area contributed by atoms with Crippen molar-refractivity contribution in [3.8, 4) is 0 Å². The first kappa shape index (κ1) is 17.1. The third-order valence-corrected chi connectivity index (χ3v) is 3.44. The second kappa shape index (κ2) is 9.10. The van der Waals surface area contributed by atoms with Gasteiger partial charge in [0.15, 0.2) is 6.29 Å². The summed E-state index contributed by atoms with van der Waals surface area (Å²) in [5, 5.41) is 4.62.